The molecule has 2 aromatic rings. The highest BCUT2D eigenvalue weighted by atomic mass is 32.2. The highest BCUT2D eigenvalue weighted by Gasteiger charge is 2.31. The number of nitrogens with one attached hydrogen (secondary N) is 1. The van der Waals surface area contributed by atoms with Gasteiger partial charge in [0.05, 0.1) is 0 Å². The molecule has 1 heterocycles. The lowest BCUT2D eigenvalue weighted by molar-refractivity contribution is 0.608. The average molecular weight is 344 g/mol. The van der Waals surface area contributed by atoms with E-state index in [2.05, 4.69) is 9.71 Å². The first-order chi connectivity index (χ1) is 11.3. The van der Waals surface area contributed by atoms with Crippen LogP contribution in [0.3, 0.4) is 0 Å². The second-order valence-electron chi connectivity index (χ2n) is 5.82. The largest absolute Gasteiger partial charge is 0.339 e. The lowest BCUT2D eigenvalue weighted by atomic mass is 10.1. The van der Waals surface area contributed by atoms with Crippen molar-refractivity contribution in [1.29, 1.82) is 0 Å². The molecule has 0 aromatic heterocycles. The van der Waals surface area contributed by atoms with E-state index in [1.54, 1.807) is 32.0 Å². The van der Waals surface area contributed by atoms with Gasteiger partial charge in [0.15, 0.2) is 0 Å². The number of nitrogens with zero attached hydrogens (tertiary/aromatic N) is 1. The molecule has 1 N–H and O–H groups in total. The maximum atomic E-state index is 13.2. The molecule has 0 saturated carbocycles. The third-order valence-corrected chi connectivity index (χ3v) is 5.40. The summed E-state index contributed by atoms with van der Waals surface area (Å²) in [7, 11) is -3.76. The number of rotatable bonds is 2. The van der Waals surface area contributed by atoms with Crippen LogP contribution in [0.2, 0.25) is 0 Å². The number of aryl methyl sites for hydroxylation is 2. The number of hydrogen-bond donors (Lipinski definition) is 1. The second kappa shape index (κ2) is 5.87. The minimum absolute atomic E-state index is 0.199. The predicted octanol–water partition coefficient (Wildman–Crippen LogP) is 4.03. The van der Waals surface area contributed by atoms with Gasteiger partial charge in [-0.25, -0.2) is 4.39 Å². The maximum Gasteiger partial charge on any atom is 0.285 e. The Balaban J connectivity index is 2.02. The zero-order chi connectivity index (χ0) is 17.5. The van der Waals surface area contributed by atoms with E-state index in [9.17, 15) is 12.8 Å². The molecule has 0 fully saturated rings. The van der Waals surface area contributed by atoms with Crippen molar-refractivity contribution in [3.05, 3.63) is 70.5 Å². The Kier molecular flexibility index (Phi) is 4.01. The molecule has 24 heavy (non-hydrogen) atoms. The van der Waals surface area contributed by atoms with Crippen LogP contribution in [0.4, 0.5) is 10.1 Å². The van der Waals surface area contributed by atoms with Crippen molar-refractivity contribution in [2.75, 3.05) is 5.32 Å². The van der Waals surface area contributed by atoms with E-state index < -0.39 is 10.0 Å². The van der Waals surface area contributed by atoms with Crippen molar-refractivity contribution >= 4 is 26.5 Å². The van der Waals surface area contributed by atoms with Gasteiger partial charge in [0.2, 0.25) is 0 Å². The van der Waals surface area contributed by atoms with Gasteiger partial charge in [-0.05, 0) is 50.1 Å². The van der Waals surface area contributed by atoms with Crippen LogP contribution in [0, 0.1) is 19.7 Å². The molecule has 0 unspecified atom stereocenters. The first-order valence-corrected chi connectivity index (χ1v) is 8.88. The number of hydrogen-bond acceptors (Lipinski definition) is 3. The Hall–Kier alpha value is -2.47. The topological polar surface area (TPSA) is 58.5 Å². The van der Waals surface area contributed by atoms with Crippen molar-refractivity contribution in [2.45, 2.75) is 20.8 Å². The number of amidine groups is 1. The van der Waals surface area contributed by atoms with Gasteiger partial charge in [-0.2, -0.15) is 8.42 Å². The molecular weight excluding hydrogens is 327 g/mol. The molecule has 0 spiro atoms. The standard InChI is InChI=1S/C18H17FN2O2S/c1-11-4-6-14(7-5-11)17-13(3)18(21-24(17,22)23)20-16-9-8-15(19)10-12(16)2/h4-10H,1-3H3,(H,20,21). The Labute approximate surface area is 140 Å². The minimum Gasteiger partial charge on any atom is -0.339 e. The fourth-order valence-electron chi connectivity index (χ4n) is 2.62. The molecule has 2 aromatic carbocycles. The van der Waals surface area contributed by atoms with Crippen LogP contribution >= 0.6 is 0 Å². The molecule has 0 radical (unpaired) electrons. The van der Waals surface area contributed by atoms with E-state index >= 15 is 0 Å². The fraction of sp³-hybridized carbons (Fsp3) is 0.167. The van der Waals surface area contributed by atoms with E-state index in [4.69, 9.17) is 0 Å². The summed E-state index contributed by atoms with van der Waals surface area (Å²) >= 11 is 0. The molecule has 0 saturated heterocycles. The molecule has 0 bridgehead atoms. The van der Waals surface area contributed by atoms with Crippen molar-refractivity contribution in [3.8, 4) is 0 Å². The zero-order valence-corrected chi connectivity index (χ0v) is 14.4. The maximum absolute atomic E-state index is 13.2. The van der Waals surface area contributed by atoms with Gasteiger partial charge < -0.3 is 5.32 Å². The summed E-state index contributed by atoms with van der Waals surface area (Å²) in [4.78, 5) is 0.199. The first-order valence-electron chi connectivity index (χ1n) is 7.44. The van der Waals surface area contributed by atoms with Crippen LogP contribution in [0.25, 0.3) is 4.91 Å². The lowest BCUT2D eigenvalue weighted by Crippen LogP contribution is -2.12. The Morgan fingerprint density at radius 2 is 1.67 bits per heavy atom. The lowest BCUT2D eigenvalue weighted by Gasteiger charge is -2.10. The number of sulfonamides is 1. The molecule has 0 aliphatic carbocycles. The normalized spacial score (nSPS) is 16.2. The minimum atomic E-state index is -3.76. The summed E-state index contributed by atoms with van der Waals surface area (Å²) in [5, 5.41) is 3.00. The molecule has 0 amide bonds. The van der Waals surface area contributed by atoms with Crippen molar-refractivity contribution < 1.29 is 12.8 Å². The van der Waals surface area contributed by atoms with Gasteiger partial charge in [-0.15, -0.1) is 4.40 Å². The fourth-order valence-corrected chi connectivity index (χ4v) is 4.05. The van der Waals surface area contributed by atoms with Gasteiger partial charge in [0.1, 0.15) is 16.6 Å². The molecule has 1 aliphatic rings. The third kappa shape index (κ3) is 2.97. The van der Waals surface area contributed by atoms with Crippen molar-refractivity contribution in [2.24, 2.45) is 4.40 Å². The summed E-state index contributed by atoms with van der Waals surface area (Å²) in [5.41, 5.74) is 3.49. The summed E-state index contributed by atoms with van der Waals surface area (Å²) in [6.07, 6.45) is 0. The van der Waals surface area contributed by atoms with Crippen LogP contribution < -0.4 is 5.32 Å². The summed E-state index contributed by atoms with van der Waals surface area (Å²) in [6, 6.07) is 11.5. The third-order valence-electron chi connectivity index (χ3n) is 3.92. The van der Waals surface area contributed by atoms with Crippen LogP contribution in [0.5, 0.6) is 0 Å². The average Bonchev–Trinajstić information content (AvgIpc) is 2.73. The SMILES string of the molecule is CC1=C(c2ccc(C)cc2)S(=O)(=O)N=C1Nc1ccc(F)cc1C. The molecule has 1 aliphatic heterocycles. The van der Waals surface area contributed by atoms with Crippen molar-refractivity contribution in [3.63, 3.8) is 0 Å². The summed E-state index contributed by atoms with van der Waals surface area (Å²) in [5.74, 6) is -0.0769. The van der Waals surface area contributed by atoms with Gasteiger partial charge in [-0.1, -0.05) is 29.8 Å². The molecule has 4 nitrogen and oxygen atoms in total. The quantitative estimate of drug-likeness (QED) is 0.895. The number of anilines is 1. The highest BCUT2D eigenvalue weighted by molar-refractivity contribution is 8.00. The van der Waals surface area contributed by atoms with E-state index in [0.717, 1.165) is 5.56 Å². The van der Waals surface area contributed by atoms with Gasteiger partial charge in [0, 0.05) is 11.3 Å². The zero-order valence-electron chi connectivity index (χ0n) is 13.6. The van der Waals surface area contributed by atoms with Crippen LogP contribution in [-0.4, -0.2) is 14.3 Å². The molecular formula is C18H17FN2O2S. The number of halogens is 1. The second-order valence-corrected chi connectivity index (χ2v) is 7.36. The predicted molar refractivity (Wildman–Crippen MR) is 94.9 cm³/mol. The molecule has 6 heteroatoms. The molecule has 124 valence electrons. The molecule has 0 atom stereocenters. The van der Waals surface area contributed by atoms with Gasteiger partial charge in [0.25, 0.3) is 10.0 Å². The highest BCUT2D eigenvalue weighted by Crippen LogP contribution is 2.33. The van der Waals surface area contributed by atoms with E-state index in [1.807, 2.05) is 19.1 Å². The van der Waals surface area contributed by atoms with E-state index in [-0.39, 0.29) is 16.6 Å². The smallest absolute Gasteiger partial charge is 0.285 e. The Morgan fingerprint density at radius 1 is 1.00 bits per heavy atom. The van der Waals surface area contributed by atoms with Crippen molar-refractivity contribution in [1.82, 2.24) is 0 Å². The first kappa shape index (κ1) is 16.4. The van der Waals surface area contributed by atoms with Gasteiger partial charge in [-0.3, -0.25) is 0 Å². The monoisotopic (exact) mass is 344 g/mol. The summed E-state index contributed by atoms with van der Waals surface area (Å²) in [6.45, 7) is 5.40. The van der Waals surface area contributed by atoms with Crippen LogP contribution in [0.1, 0.15) is 23.6 Å². The Bertz CT molecular complexity index is 975. The number of benzene rings is 2. The summed E-state index contributed by atoms with van der Waals surface area (Å²) < 4.78 is 42.0. The molecule has 3 rings (SSSR count). The van der Waals surface area contributed by atoms with E-state index in [1.165, 1.54) is 12.1 Å². The Morgan fingerprint density at radius 3 is 2.29 bits per heavy atom. The van der Waals surface area contributed by atoms with Crippen LogP contribution in [-0.2, 0) is 10.0 Å². The van der Waals surface area contributed by atoms with Gasteiger partial charge >= 0.3 is 0 Å². The van der Waals surface area contributed by atoms with Crippen LogP contribution in [0.15, 0.2) is 52.4 Å². The van der Waals surface area contributed by atoms with E-state index in [0.29, 0.717) is 22.4 Å².